The molecule has 0 atom stereocenters. The van der Waals surface area contributed by atoms with Crippen LogP contribution < -0.4 is 0 Å². The summed E-state index contributed by atoms with van der Waals surface area (Å²) >= 11 is 4.61. The number of hydrogen-bond donors (Lipinski definition) is 0. The largest absolute Gasteiger partial charge is 0.415 e. The van der Waals surface area contributed by atoms with Crippen molar-refractivity contribution in [1.82, 2.24) is 15.2 Å². The number of para-hydroxylation sites is 1. The molecule has 0 aliphatic rings. The Morgan fingerprint density at radius 3 is 2.63 bits per heavy atom. The molecule has 10 heteroatoms. The molecule has 2 heterocycles. The highest BCUT2D eigenvalue weighted by molar-refractivity contribution is 8.00. The van der Waals surface area contributed by atoms with Gasteiger partial charge in [0, 0.05) is 17.9 Å². The Balaban J connectivity index is 1.32. The van der Waals surface area contributed by atoms with E-state index < -0.39 is 4.92 Å². The monoisotopic (exact) mass is 416 g/mol. The van der Waals surface area contributed by atoms with Crippen LogP contribution in [0.5, 0.6) is 0 Å². The first kappa shape index (κ1) is 18.0. The molecule has 0 bridgehead atoms. The lowest BCUT2D eigenvalue weighted by Gasteiger charge is -1.98. The fraction of sp³-hybridized carbons (Fsp3) is 0.118. The van der Waals surface area contributed by atoms with Gasteiger partial charge in [0.1, 0.15) is 0 Å². The summed E-state index contributed by atoms with van der Waals surface area (Å²) in [6.07, 6.45) is 0. The van der Waals surface area contributed by atoms with E-state index in [1.807, 2.05) is 18.2 Å². The van der Waals surface area contributed by atoms with Gasteiger partial charge in [0.05, 0.1) is 20.9 Å². The third-order valence-corrected chi connectivity index (χ3v) is 6.60. The highest BCUT2D eigenvalue weighted by Gasteiger charge is 2.11. The number of thiazole rings is 1. The number of rotatable bonds is 7. The van der Waals surface area contributed by atoms with Gasteiger partial charge < -0.3 is 4.42 Å². The Morgan fingerprint density at radius 1 is 1.04 bits per heavy atom. The van der Waals surface area contributed by atoms with E-state index in [1.54, 1.807) is 35.2 Å². The van der Waals surface area contributed by atoms with E-state index in [2.05, 4.69) is 21.2 Å². The van der Waals surface area contributed by atoms with E-state index in [9.17, 15) is 10.1 Å². The van der Waals surface area contributed by atoms with Crippen LogP contribution in [0.4, 0.5) is 5.69 Å². The molecule has 7 nitrogen and oxygen atoms in total. The van der Waals surface area contributed by atoms with Crippen LogP contribution in [0.1, 0.15) is 11.5 Å². The maximum Gasteiger partial charge on any atom is 0.276 e. The van der Waals surface area contributed by atoms with Crippen molar-refractivity contribution < 1.29 is 9.34 Å². The maximum absolute atomic E-state index is 10.7. The number of benzene rings is 2. The number of nitro benzene ring substituents is 1. The van der Waals surface area contributed by atoms with Crippen LogP contribution in [0.15, 0.2) is 62.5 Å². The number of thioether (sulfide) groups is 2. The molecule has 0 fully saturated rings. The fourth-order valence-corrected chi connectivity index (χ4v) is 4.89. The smallest absolute Gasteiger partial charge is 0.276 e. The van der Waals surface area contributed by atoms with E-state index in [4.69, 9.17) is 4.42 Å². The van der Waals surface area contributed by atoms with Crippen molar-refractivity contribution in [2.24, 2.45) is 0 Å². The van der Waals surface area contributed by atoms with Gasteiger partial charge in [0.2, 0.25) is 5.89 Å². The molecule has 2 aromatic heterocycles. The second-order valence-corrected chi connectivity index (χ2v) is 8.59. The Hall–Kier alpha value is -2.43. The Labute approximate surface area is 166 Å². The van der Waals surface area contributed by atoms with E-state index >= 15 is 0 Å². The minimum Gasteiger partial charge on any atom is -0.415 e. The summed E-state index contributed by atoms with van der Waals surface area (Å²) in [4.78, 5) is 14.8. The minimum atomic E-state index is -0.412. The molecular formula is C17H12N4O3S3. The zero-order valence-electron chi connectivity index (χ0n) is 13.8. The molecule has 4 rings (SSSR count). The lowest BCUT2D eigenvalue weighted by atomic mass is 10.2. The lowest BCUT2D eigenvalue weighted by molar-refractivity contribution is -0.384. The maximum atomic E-state index is 10.7. The van der Waals surface area contributed by atoms with Crippen LogP contribution in [0.25, 0.3) is 10.2 Å². The van der Waals surface area contributed by atoms with Crippen molar-refractivity contribution in [2.45, 2.75) is 21.1 Å². The summed E-state index contributed by atoms with van der Waals surface area (Å²) in [5.74, 6) is 1.71. The minimum absolute atomic E-state index is 0.0794. The molecule has 4 aromatic rings. The Kier molecular flexibility index (Phi) is 5.37. The molecule has 0 spiro atoms. The third-order valence-electron chi connectivity index (χ3n) is 3.55. The average molecular weight is 417 g/mol. The van der Waals surface area contributed by atoms with Crippen molar-refractivity contribution in [3.05, 3.63) is 70.1 Å². The molecule has 27 heavy (non-hydrogen) atoms. The van der Waals surface area contributed by atoms with Gasteiger partial charge in [0.15, 0.2) is 4.34 Å². The van der Waals surface area contributed by atoms with Gasteiger partial charge >= 0.3 is 0 Å². The zero-order valence-corrected chi connectivity index (χ0v) is 16.2. The molecule has 0 aliphatic heterocycles. The third kappa shape index (κ3) is 4.46. The van der Waals surface area contributed by atoms with Crippen LogP contribution in [-0.2, 0) is 11.5 Å². The highest BCUT2D eigenvalue weighted by Crippen LogP contribution is 2.31. The standard InChI is InChI=1S/C17H12N4O3S3/c22-21(23)12-7-5-11(6-8-12)9-25-16-20-19-15(24-16)10-26-17-18-13-3-1-2-4-14(13)27-17/h1-8H,9-10H2. The Morgan fingerprint density at radius 2 is 1.85 bits per heavy atom. The van der Waals surface area contributed by atoms with Gasteiger partial charge in [-0.05, 0) is 17.7 Å². The van der Waals surface area contributed by atoms with Crippen molar-refractivity contribution in [3.8, 4) is 0 Å². The van der Waals surface area contributed by atoms with Gasteiger partial charge in [-0.2, -0.15) is 0 Å². The lowest BCUT2D eigenvalue weighted by Crippen LogP contribution is -1.88. The topological polar surface area (TPSA) is 95.0 Å². The van der Waals surface area contributed by atoms with Crippen molar-refractivity contribution in [2.75, 3.05) is 0 Å². The number of nitro groups is 1. The molecular weight excluding hydrogens is 404 g/mol. The summed E-state index contributed by atoms with van der Waals surface area (Å²) in [6, 6.07) is 14.5. The summed E-state index contributed by atoms with van der Waals surface area (Å²) in [5, 5.41) is 19.3. The molecule has 0 aliphatic carbocycles. The molecule has 0 amide bonds. The summed E-state index contributed by atoms with van der Waals surface area (Å²) in [5.41, 5.74) is 2.03. The van der Waals surface area contributed by atoms with Gasteiger partial charge in [-0.25, -0.2) is 4.98 Å². The summed E-state index contributed by atoms with van der Waals surface area (Å²) in [7, 11) is 0. The van der Waals surface area contributed by atoms with Gasteiger partial charge in [-0.1, -0.05) is 47.8 Å². The number of aromatic nitrogens is 3. The fourth-order valence-electron chi connectivity index (χ4n) is 2.25. The molecule has 0 saturated carbocycles. The number of non-ortho nitro benzene ring substituents is 1. The van der Waals surface area contributed by atoms with E-state index in [0.29, 0.717) is 22.6 Å². The number of fused-ring (bicyclic) bond motifs is 1. The predicted molar refractivity (Wildman–Crippen MR) is 106 cm³/mol. The molecule has 0 radical (unpaired) electrons. The molecule has 2 aromatic carbocycles. The molecule has 0 saturated heterocycles. The van der Waals surface area contributed by atoms with E-state index in [1.165, 1.54) is 23.9 Å². The molecule has 0 N–H and O–H groups in total. The van der Waals surface area contributed by atoms with Crippen molar-refractivity contribution >= 4 is 50.8 Å². The van der Waals surface area contributed by atoms with Crippen LogP contribution in [0.3, 0.4) is 0 Å². The average Bonchev–Trinajstić information content (AvgIpc) is 3.31. The van der Waals surface area contributed by atoms with E-state index in [0.717, 1.165) is 20.1 Å². The first-order valence-electron chi connectivity index (χ1n) is 7.84. The number of nitrogens with zero attached hydrogens (tertiary/aromatic N) is 4. The SMILES string of the molecule is O=[N+]([O-])c1ccc(CSc2nnc(CSc3nc4ccccc4s3)o2)cc1. The molecule has 136 valence electrons. The summed E-state index contributed by atoms with van der Waals surface area (Å²) in [6.45, 7) is 0. The van der Waals surface area contributed by atoms with Gasteiger partial charge in [-0.3, -0.25) is 10.1 Å². The van der Waals surface area contributed by atoms with Crippen molar-refractivity contribution in [3.63, 3.8) is 0 Å². The van der Waals surface area contributed by atoms with Crippen LogP contribution in [0.2, 0.25) is 0 Å². The van der Waals surface area contributed by atoms with Crippen molar-refractivity contribution in [1.29, 1.82) is 0 Å². The summed E-state index contributed by atoms with van der Waals surface area (Å²) < 4.78 is 7.78. The molecule has 0 unspecified atom stereocenters. The zero-order chi connectivity index (χ0) is 18.6. The van der Waals surface area contributed by atoms with Crippen LogP contribution in [0, 0.1) is 10.1 Å². The quantitative estimate of drug-likeness (QED) is 0.231. The van der Waals surface area contributed by atoms with Crippen LogP contribution in [-0.4, -0.2) is 20.1 Å². The first-order valence-corrected chi connectivity index (χ1v) is 10.6. The predicted octanol–water partition coefficient (Wildman–Crippen LogP) is 5.17. The second-order valence-electron chi connectivity index (χ2n) is 5.41. The van der Waals surface area contributed by atoms with E-state index in [-0.39, 0.29) is 5.69 Å². The normalized spacial score (nSPS) is 11.1. The first-order chi connectivity index (χ1) is 13.2. The second kappa shape index (κ2) is 8.07. The number of hydrogen-bond acceptors (Lipinski definition) is 9. The Bertz CT molecular complexity index is 1050. The van der Waals surface area contributed by atoms with Crippen LogP contribution >= 0.6 is 34.9 Å². The van der Waals surface area contributed by atoms with Gasteiger partial charge in [0.25, 0.3) is 10.9 Å². The highest BCUT2D eigenvalue weighted by atomic mass is 32.2. The van der Waals surface area contributed by atoms with Gasteiger partial charge in [-0.15, -0.1) is 21.5 Å².